The van der Waals surface area contributed by atoms with Gasteiger partial charge in [-0.1, -0.05) is 32.0 Å². The average Bonchev–Trinajstić information content (AvgIpc) is 2.66. The van der Waals surface area contributed by atoms with Gasteiger partial charge in [-0.05, 0) is 30.7 Å². The summed E-state index contributed by atoms with van der Waals surface area (Å²) < 4.78 is 26.8. The van der Waals surface area contributed by atoms with Gasteiger partial charge in [-0.25, -0.2) is 14.4 Å². The Kier molecular flexibility index (Phi) is 5.48. The summed E-state index contributed by atoms with van der Waals surface area (Å²) in [6, 6.07) is 10.6. The lowest BCUT2D eigenvalue weighted by atomic mass is 9.98. The first-order chi connectivity index (χ1) is 13.0. The predicted molar refractivity (Wildman–Crippen MR) is 104 cm³/mol. The minimum absolute atomic E-state index is 0.315. The van der Waals surface area contributed by atoms with Crippen LogP contribution in [0.3, 0.4) is 0 Å². The van der Waals surface area contributed by atoms with Gasteiger partial charge in [-0.15, -0.1) is 0 Å². The molecule has 1 saturated heterocycles. The molecule has 4 rings (SSSR count). The molecule has 1 fully saturated rings. The number of aromatic nitrogens is 3. The molecule has 1 aliphatic heterocycles. The molecule has 5 nitrogen and oxygen atoms in total. The molecule has 3 heterocycles. The van der Waals surface area contributed by atoms with Gasteiger partial charge in [0.2, 0.25) is 11.9 Å². The van der Waals surface area contributed by atoms with E-state index < -0.39 is 11.6 Å². The molecule has 142 valence electrons. The molecular formula is C20H23F2N5. The Bertz CT molecular complexity index is 904. The van der Waals surface area contributed by atoms with E-state index in [1.807, 2.05) is 43.0 Å². The number of halogens is 2. The maximum atomic E-state index is 13.9. The normalized spacial score (nSPS) is 14.9. The number of fused-ring (bicyclic) bond motifs is 1. The Labute approximate surface area is 157 Å². The minimum Gasteiger partial charge on any atom is -0.350 e. The molecule has 0 aliphatic carbocycles. The average molecular weight is 371 g/mol. The van der Waals surface area contributed by atoms with E-state index >= 15 is 0 Å². The number of nitrogens with one attached hydrogen (secondary N) is 1. The topological polar surface area (TPSA) is 53.9 Å². The Hall–Kier alpha value is -2.83. The van der Waals surface area contributed by atoms with Crippen LogP contribution in [0.25, 0.3) is 10.9 Å². The van der Waals surface area contributed by atoms with Gasteiger partial charge in [0.05, 0.1) is 18.6 Å². The summed E-state index contributed by atoms with van der Waals surface area (Å²) in [5.41, 5.74) is 0.430. The summed E-state index contributed by atoms with van der Waals surface area (Å²) >= 11 is 0. The number of alkyl halides is 1. The van der Waals surface area contributed by atoms with Gasteiger partial charge in [-0.3, -0.25) is 0 Å². The second kappa shape index (κ2) is 7.82. The van der Waals surface area contributed by atoms with Crippen molar-refractivity contribution in [3.05, 3.63) is 54.1 Å². The largest absolute Gasteiger partial charge is 0.350 e. The van der Waals surface area contributed by atoms with Crippen LogP contribution in [0.5, 0.6) is 0 Å². The zero-order valence-electron chi connectivity index (χ0n) is 15.7. The van der Waals surface area contributed by atoms with Crippen molar-refractivity contribution >= 4 is 22.7 Å². The number of pyridine rings is 1. The lowest BCUT2D eigenvalue weighted by Gasteiger charge is -2.43. The summed E-state index contributed by atoms with van der Waals surface area (Å²) in [7, 11) is 0. The molecule has 1 N–H and O–H groups in total. The summed E-state index contributed by atoms with van der Waals surface area (Å²) in [6.07, 6.45) is 1.47. The molecule has 0 saturated carbocycles. The highest BCUT2D eigenvalue weighted by atomic mass is 19.1. The van der Waals surface area contributed by atoms with Crippen LogP contribution in [-0.2, 0) is 6.54 Å². The first-order valence-corrected chi connectivity index (χ1v) is 9.05. The molecule has 2 aromatic heterocycles. The second-order valence-electron chi connectivity index (χ2n) is 6.50. The van der Waals surface area contributed by atoms with Crippen molar-refractivity contribution in [1.29, 1.82) is 0 Å². The number of para-hydroxylation sites is 1. The number of rotatable bonds is 4. The van der Waals surface area contributed by atoms with Gasteiger partial charge >= 0.3 is 0 Å². The molecule has 0 spiro atoms. The Morgan fingerprint density at radius 1 is 1.11 bits per heavy atom. The molecule has 1 aromatic carbocycles. The second-order valence-corrected chi connectivity index (χ2v) is 6.50. The van der Waals surface area contributed by atoms with Crippen molar-refractivity contribution in [2.24, 2.45) is 0 Å². The fraction of sp³-hybridized carbons (Fsp3) is 0.350. The predicted octanol–water partition coefficient (Wildman–Crippen LogP) is 4.35. The molecule has 0 bridgehead atoms. The smallest absolute Gasteiger partial charge is 0.225 e. The fourth-order valence-corrected chi connectivity index (χ4v) is 2.97. The fourth-order valence-electron chi connectivity index (χ4n) is 2.97. The number of nitrogens with zero attached hydrogens (tertiary/aromatic N) is 4. The van der Waals surface area contributed by atoms with Crippen LogP contribution in [0.15, 0.2) is 42.6 Å². The highest BCUT2D eigenvalue weighted by Crippen LogP contribution is 2.33. The van der Waals surface area contributed by atoms with Crippen molar-refractivity contribution in [3.8, 4) is 0 Å². The SMILES string of the molecule is CC.CC1(F)CN(c2nc(NCc3ccc(F)nc3)nc3ccccc23)C1. The van der Waals surface area contributed by atoms with E-state index in [0.29, 0.717) is 25.6 Å². The van der Waals surface area contributed by atoms with Crippen LogP contribution < -0.4 is 10.2 Å². The molecule has 0 unspecified atom stereocenters. The van der Waals surface area contributed by atoms with Crippen molar-refractivity contribution in [2.75, 3.05) is 23.3 Å². The van der Waals surface area contributed by atoms with Crippen LogP contribution in [0, 0.1) is 5.95 Å². The van der Waals surface area contributed by atoms with Crippen LogP contribution >= 0.6 is 0 Å². The van der Waals surface area contributed by atoms with Crippen LogP contribution in [0.4, 0.5) is 20.5 Å². The van der Waals surface area contributed by atoms with E-state index in [1.54, 1.807) is 13.0 Å². The van der Waals surface area contributed by atoms with E-state index in [-0.39, 0.29) is 0 Å². The maximum Gasteiger partial charge on any atom is 0.225 e. The van der Waals surface area contributed by atoms with E-state index in [9.17, 15) is 8.78 Å². The van der Waals surface area contributed by atoms with E-state index in [1.165, 1.54) is 12.3 Å². The zero-order valence-corrected chi connectivity index (χ0v) is 15.7. The van der Waals surface area contributed by atoms with Crippen molar-refractivity contribution in [2.45, 2.75) is 33.0 Å². The van der Waals surface area contributed by atoms with E-state index in [0.717, 1.165) is 22.3 Å². The van der Waals surface area contributed by atoms with Gasteiger partial charge in [-0.2, -0.15) is 9.37 Å². The summed E-state index contributed by atoms with van der Waals surface area (Å²) in [6.45, 7) is 6.64. The highest BCUT2D eigenvalue weighted by Gasteiger charge is 2.40. The monoisotopic (exact) mass is 371 g/mol. The molecule has 27 heavy (non-hydrogen) atoms. The third kappa shape index (κ3) is 4.30. The van der Waals surface area contributed by atoms with Gasteiger partial charge < -0.3 is 10.2 Å². The lowest BCUT2D eigenvalue weighted by molar-refractivity contribution is 0.144. The first-order valence-electron chi connectivity index (χ1n) is 9.05. The van der Waals surface area contributed by atoms with Crippen LogP contribution in [-0.4, -0.2) is 33.7 Å². The zero-order chi connectivity index (χ0) is 19.4. The Morgan fingerprint density at radius 2 is 1.85 bits per heavy atom. The standard InChI is InChI=1S/C18H17F2N5.C2H6/c1-18(20)10-25(11-18)16-13-4-2-3-5-14(13)23-17(24-16)22-9-12-6-7-15(19)21-8-12;1-2/h2-8H,9-11H2,1H3,(H,22,23,24);1-2H3. The number of hydrogen-bond donors (Lipinski definition) is 1. The minimum atomic E-state index is -1.18. The van der Waals surface area contributed by atoms with Crippen molar-refractivity contribution in [1.82, 2.24) is 15.0 Å². The van der Waals surface area contributed by atoms with Gasteiger partial charge in [0, 0.05) is 18.1 Å². The van der Waals surface area contributed by atoms with Crippen molar-refractivity contribution in [3.63, 3.8) is 0 Å². The molecule has 0 amide bonds. The van der Waals surface area contributed by atoms with Crippen LogP contribution in [0.2, 0.25) is 0 Å². The third-order valence-electron chi connectivity index (χ3n) is 4.16. The van der Waals surface area contributed by atoms with Gasteiger partial charge in [0.1, 0.15) is 11.5 Å². The summed E-state index contributed by atoms with van der Waals surface area (Å²) in [5, 5.41) is 4.03. The quantitative estimate of drug-likeness (QED) is 0.691. The van der Waals surface area contributed by atoms with Crippen molar-refractivity contribution < 1.29 is 8.78 Å². The molecule has 3 aromatic rings. The molecule has 0 radical (unpaired) electrons. The van der Waals surface area contributed by atoms with Gasteiger partial charge in [0.25, 0.3) is 0 Å². The highest BCUT2D eigenvalue weighted by molar-refractivity contribution is 5.91. The summed E-state index contributed by atoms with van der Waals surface area (Å²) in [4.78, 5) is 14.6. The molecule has 7 heteroatoms. The first kappa shape index (κ1) is 18.9. The van der Waals surface area contributed by atoms with Crippen LogP contribution in [0.1, 0.15) is 26.3 Å². The summed E-state index contributed by atoms with van der Waals surface area (Å²) in [5.74, 6) is 0.658. The number of hydrogen-bond acceptors (Lipinski definition) is 5. The van der Waals surface area contributed by atoms with E-state index in [2.05, 4.69) is 20.3 Å². The van der Waals surface area contributed by atoms with E-state index in [4.69, 9.17) is 0 Å². The molecule has 1 aliphatic rings. The number of benzene rings is 1. The lowest BCUT2D eigenvalue weighted by Crippen LogP contribution is -2.57. The maximum absolute atomic E-state index is 13.9. The Morgan fingerprint density at radius 3 is 2.52 bits per heavy atom. The molecular weight excluding hydrogens is 348 g/mol. The molecule has 0 atom stereocenters. The number of anilines is 2. The van der Waals surface area contributed by atoms with Gasteiger partial charge in [0.15, 0.2) is 0 Å². The third-order valence-corrected chi connectivity index (χ3v) is 4.16. The Balaban J connectivity index is 0.00000102.